The fourth-order valence-corrected chi connectivity index (χ4v) is 2.05. The van der Waals surface area contributed by atoms with Crippen molar-refractivity contribution in [1.82, 2.24) is 15.3 Å². The molecule has 4 heteroatoms. The Kier molecular flexibility index (Phi) is 3.19. The van der Waals surface area contributed by atoms with Crippen molar-refractivity contribution in [1.29, 1.82) is 0 Å². The average molecular weight is 241 g/mol. The molecule has 1 aliphatic heterocycles. The zero-order valence-corrected chi connectivity index (χ0v) is 10.0. The fraction of sp³-hybridized carbons (Fsp3) is 0.286. The molecule has 2 aromatic heterocycles. The fourth-order valence-electron chi connectivity index (χ4n) is 2.05. The topological polar surface area (TPSA) is 47.0 Å². The number of aromatic nitrogens is 2. The minimum Gasteiger partial charge on any atom is -0.473 e. The van der Waals surface area contributed by atoms with Crippen molar-refractivity contribution < 1.29 is 4.74 Å². The molecule has 1 saturated heterocycles. The standard InChI is InChI=1S/C14H15N3O/c1-2-11(8-15-6-1)12-3-4-14(17-9-12)18-13-5-7-16-10-13/h1-4,6,8-9,13,16H,5,7,10H2. The highest BCUT2D eigenvalue weighted by molar-refractivity contribution is 5.61. The van der Waals surface area contributed by atoms with Crippen molar-refractivity contribution in [3.05, 3.63) is 42.9 Å². The molecule has 0 amide bonds. The van der Waals surface area contributed by atoms with E-state index < -0.39 is 0 Å². The molecule has 1 N–H and O–H groups in total. The number of hydrogen-bond acceptors (Lipinski definition) is 4. The average Bonchev–Trinajstić information content (AvgIpc) is 2.94. The first-order valence-electron chi connectivity index (χ1n) is 6.16. The number of rotatable bonds is 3. The minimum absolute atomic E-state index is 0.252. The van der Waals surface area contributed by atoms with Gasteiger partial charge in [0.1, 0.15) is 6.10 Å². The van der Waals surface area contributed by atoms with Crippen LogP contribution < -0.4 is 10.1 Å². The molecule has 3 rings (SSSR count). The highest BCUT2D eigenvalue weighted by Gasteiger charge is 2.16. The van der Waals surface area contributed by atoms with Crippen LogP contribution in [0.15, 0.2) is 42.9 Å². The van der Waals surface area contributed by atoms with Gasteiger partial charge >= 0.3 is 0 Å². The summed E-state index contributed by atoms with van der Waals surface area (Å²) in [6, 6.07) is 7.87. The summed E-state index contributed by atoms with van der Waals surface area (Å²) in [5.74, 6) is 0.691. The second-order valence-corrected chi connectivity index (χ2v) is 4.36. The van der Waals surface area contributed by atoms with E-state index in [1.54, 1.807) is 6.20 Å². The number of nitrogens with zero attached hydrogens (tertiary/aromatic N) is 2. The number of ether oxygens (including phenoxy) is 1. The molecule has 1 aliphatic rings. The third-order valence-electron chi connectivity index (χ3n) is 3.03. The second-order valence-electron chi connectivity index (χ2n) is 4.36. The summed E-state index contributed by atoms with van der Waals surface area (Å²) in [5, 5.41) is 3.27. The zero-order valence-electron chi connectivity index (χ0n) is 10.0. The van der Waals surface area contributed by atoms with E-state index in [1.807, 2.05) is 36.7 Å². The summed E-state index contributed by atoms with van der Waals surface area (Å²) in [6.45, 7) is 1.93. The third kappa shape index (κ3) is 2.49. The lowest BCUT2D eigenvalue weighted by atomic mass is 10.1. The van der Waals surface area contributed by atoms with Crippen LogP contribution in [0.1, 0.15) is 6.42 Å². The summed E-state index contributed by atoms with van der Waals surface area (Å²) in [6.07, 6.45) is 6.72. The molecule has 0 radical (unpaired) electrons. The van der Waals surface area contributed by atoms with Gasteiger partial charge in [0, 0.05) is 42.3 Å². The Bertz CT molecular complexity index is 492. The first-order chi connectivity index (χ1) is 8.92. The van der Waals surface area contributed by atoms with Crippen molar-refractivity contribution in [3.63, 3.8) is 0 Å². The Morgan fingerprint density at radius 1 is 1.17 bits per heavy atom. The van der Waals surface area contributed by atoms with Crippen LogP contribution in [-0.4, -0.2) is 29.2 Å². The molecule has 3 heterocycles. The molecule has 18 heavy (non-hydrogen) atoms. The van der Waals surface area contributed by atoms with Crippen LogP contribution in [0.5, 0.6) is 5.88 Å². The molecule has 0 spiro atoms. The predicted octanol–water partition coefficient (Wildman–Crippen LogP) is 1.88. The molecule has 0 saturated carbocycles. The van der Waals surface area contributed by atoms with Crippen molar-refractivity contribution in [3.8, 4) is 17.0 Å². The Morgan fingerprint density at radius 3 is 2.78 bits per heavy atom. The summed E-state index contributed by atoms with van der Waals surface area (Å²) < 4.78 is 5.78. The van der Waals surface area contributed by atoms with Crippen LogP contribution in [0.4, 0.5) is 0 Å². The molecule has 1 fully saturated rings. The van der Waals surface area contributed by atoms with Gasteiger partial charge in [-0.1, -0.05) is 6.07 Å². The molecular formula is C14H15N3O. The SMILES string of the molecule is c1cncc(-c2ccc(OC3CCNC3)nc2)c1. The summed E-state index contributed by atoms with van der Waals surface area (Å²) in [7, 11) is 0. The van der Waals surface area contributed by atoms with Gasteiger partial charge < -0.3 is 10.1 Å². The molecule has 2 aromatic rings. The monoisotopic (exact) mass is 241 g/mol. The zero-order chi connectivity index (χ0) is 12.2. The van der Waals surface area contributed by atoms with Crippen molar-refractivity contribution in [2.75, 3.05) is 13.1 Å². The smallest absolute Gasteiger partial charge is 0.213 e. The molecule has 92 valence electrons. The first-order valence-corrected chi connectivity index (χ1v) is 6.16. The lowest BCUT2D eigenvalue weighted by Crippen LogP contribution is -2.19. The Morgan fingerprint density at radius 2 is 2.11 bits per heavy atom. The van der Waals surface area contributed by atoms with Gasteiger partial charge in [0.05, 0.1) is 0 Å². The van der Waals surface area contributed by atoms with E-state index >= 15 is 0 Å². The van der Waals surface area contributed by atoms with E-state index in [9.17, 15) is 0 Å². The molecule has 0 aromatic carbocycles. The van der Waals surface area contributed by atoms with Crippen molar-refractivity contribution >= 4 is 0 Å². The highest BCUT2D eigenvalue weighted by Crippen LogP contribution is 2.20. The quantitative estimate of drug-likeness (QED) is 0.891. The summed E-state index contributed by atoms with van der Waals surface area (Å²) in [4.78, 5) is 8.44. The molecular weight excluding hydrogens is 226 g/mol. The van der Waals surface area contributed by atoms with Crippen LogP contribution in [0.2, 0.25) is 0 Å². The summed E-state index contributed by atoms with van der Waals surface area (Å²) >= 11 is 0. The Balaban J connectivity index is 1.72. The van der Waals surface area contributed by atoms with Crippen molar-refractivity contribution in [2.45, 2.75) is 12.5 Å². The van der Waals surface area contributed by atoms with E-state index in [0.29, 0.717) is 5.88 Å². The van der Waals surface area contributed by atoms with E-state index in [1.165, 1.54) is 0 Å². The largest absolute Gasteiger partial charge is 0.473 e. The van der Waals surface area contributed by atoms with Gasteiger partial charge in [0.25, 0.3) is 0 Å². The number of pyridine rings is 2. The molecule has 0 aliphatic carbocycles. The maximum Gasteiger partial charge on any atom is 0.213 e. The predicted molar refractivity (Wildman–Crippen MR) is 69.4 cm³/mol. The van der Waals surface area contributed by atoms with Gasteiger partial charge in [-0.05, 0) is 25.1 Å². The van der Waals surface area contributed by atoms with Gasteiger partial charge in [0.2, 0.25) is 5.88 Å². The van der Waals surface area contributed by atoms with Crippen LogP contribution in [-0.2, 0) is 0 Å². The maximum atomic E-state index is 5.78. The molecule has 1 unspecified atom stereocenters. The Hall–Kier alpha value is -1.94. The van der Waals surface area contributed by atoms with Crippen LogP contribution in [0.25, 0.3) is 11.1 Å². The van der Waals surface area contributed by atoms with E-state index in [2.05, 4.69) is 15.3 Å². The van der Waals surface area contributed by atoms with E-state index in [4.69, 9.17) is 4.74 Å². The third-order valence-corrected chi connectivity index (χ3v) is 3.03. The first kappa shape index (κ1) is 11.2. The lowest BCUT2D eigenvalue weighted by molar-refractivity contribution is 0.214. The lowest BCUT2D eigenvalue weighted by Gasteiger charge is -2.11. The number of hydrogen-bond donors (Lipinski definition) is 1. The minimum atomic E-state index is 0.252. The van der Waals surface area contributed by atoms with Crippen LogP contribution in [0.3, 0.4) is 0 Å². The molecule has 4 nitrogen and oxygen atoms in total. The normalized spacial score (nSPS) is 18.8. The van der Waals surface area contributed by atoms with Crippen LogP contribution >= 0.6 is 0 Å². The van der Waals surface area contributed by atoms with Gasteiger partial charge in [-0.2, -0.15) is 0 Å². The van der Waals surface area contributed by atoms with Gasteiger partial charge in [-0.25, -0.2) is 4.98 Å². The number of nitrogens with one attached hydrogen (secondary N) is 1. The van der Waals surface area contributed by atoms with E-state index in [-0.39, 0.29) is 6.10 Å². The second kappa shape index (κ2) is 5.14. The Labute approximate surface area is 106 Å². The van der Waals surface area contributed by atoms with E-state index in [0.717, 1.165) is 30.6 Å². The molecule has 0 bridgehead atoms. The molecule has 1 atom stereocenters. The van der Waals surface area contributed by atoms with Gasteiger partial charge in [0.15, 0.2) is 0 Å². The maximum absolute atomic E-state index is 5.78. The van der Waals surface area contributed by atoms with Gasteiger partial charge in [-0.15, -0.1) is 0 Å². The van der Waals surface area contributed by atoms with Crippen LogP contribution in [0, 0.1) is 0 Å². The summed E-state index contributed by atoms with van der Waals surface area (Å²) in [5.41, 5.74) is 2.12. The van der Waals surface area contributed by atoms with Crippen molar-refractivity contribution in [2.24, 2.45) is 0 Å². The highest BCUT2D eigenvalue weighted by atomic mass is 16.5. The van der Waals surface area contributed by atoms with Gasteiger partial charge in [-0.3, -0.25) is 4.98 Å².